The standard InChI is InChI=1S/C16H25N3O2/c1-4-12-11-19(14(5-2)10-17-12)16(20)18-13-7-6-8-15(9-13)21-3/h6-9,12,14,17H,4-5,10-11H2,1-3H3,(H,18,20). The van der Waals surface area contributed by atoms with E-state index in [2.05, 4.69) is 24.5 Å². The second kappa shape index (κ2) is 7.31. The summed E-state index contributed by atoms with van der Waals surface area (Å²) in [4.78, 5) is 14.5. The van der Waals surface area contributed by atoms with Crippen LogP contribution in [0.25, 0.3) is 0 Å². The topological polar surface area (TPSA) is 53.6 Å². The highest BCUT2D eigenvalue weighted by atomic mass is 16.5. The molecule has 2 N–H and O–H groups in total. The number of amides is 2. The van der Waals surface area contributed by atoms with Crippen LogP contribution in [0.1, 0.15) is 26.7 Å². The van der Waals surface area contributed by atoms with Gasteiger partial charge in [-0.2, -0.15) is 0 Å². The first-order valence-electron chi connectivity index (χ1n) is 7.63. The van der Waals surface area contributed by atoms with Crippen molar-refractivity contribution in [3.8, 4) is 5.75 Å². The molecule has 2 unspecified atom stereocenters. The quantitative estimate of drug-likeness (QED) is 0.897. The van der Waals surface area contributed by atoms with Crippen LogP contribution in [0.3, 0.4) is 0 Å². The Morgan fingerprint density at radius 3 is 2.90 bits per heavy atom. The molecule has 1 saturated heterocycles. The van der Waals surface area contributed by atoms with Gasteiger partial charge in [-0.15, -0.1) is 0 Å². The summed E-state index contributed by atoms with van der Waals surface area (Å²) in [5, 5.41) is 6.47. The van der Waals surface area contributed by atoms with E-state index in [0.29, 0.717) is 6.04 Å². The number of ether oxygens (including phenoxy) is 1. The van der Waals surface area contributed by atoms with Crippen LogP contribution >= 0.6 is 0 Å². The molecule has 2 amide bonds. The van der Waals surface area contributed by atoms with Gasteiger partial charge in [-0.3, -0.25) is 0 Å². The first-order chi connectivity index (χ1) is 10.2. The molecule has 1 aliphatic heterocycles. The number of rotatable bonds is 4. The molecule has 5 nitrogen and oxygen atoms in total. The lowest BCUT2D eigenvalue weighted by atomic mass is 10.1. The Bertz CT molecular complexity index is 478. The molecular formula is C16H25N3O2. The fourth-order valence-electron chi connectivity index (χ4n) is 2.65. The first kappa shape index (κ1) is 15.6. The molecule has 0 bridgehead atoms. The summed E-state index contributed by atoms with van der Waals surface area (Å²) in [5.41, 5.74) is 0.765. The summed E-state index contributed by atoms with van der Waals surface area (Å²) in [6.07, 6.45) is 1.98. The Morgan fingerprint density at radius 1 is 1.43 bits per heavy atom. The van der Waals surface area contributed by atoms with Gasteiger partial charge in [-0.1, -0.05) is 19.9 Å². The van der Waals surface area contributed by atoms with Crippen LogP contribution in [0.4, 0.5) is 10.5 Å². The zero-order valence-corrected chi connectivity index (χ0v) is 13.1. The predicted molar refractivity (Wildman–Crippen MR) is 84.9 cm³/mol. The van der Waals surface area contributed by atoms with Crippen molar-refractivity contribution in [2.45, 2.75) is 38.8 Å². The molecule has 0 radical (unpaired) electrons. The number of carbonyl (C=O) groups is 1. The molecule has 5 heteroatoms. The minimum Gasteiger partial charge on any atom is -0.497 e. The van der Waals surface area contributed by atoms with E-state index in [-0.39, 0.29) is 12.1 Å². The molecule has 1 fully saturated rings. The zero-order chi connectivity index (χ0) is 15.2. The fourth-order valence-corrected chi connectivity index (χ4v) is 2.65. The van der Waals surface area contributed by atoms with Crippen molar-refractivity contribution >= 4 is 11.7 Å². The second-order valence-electron chi connectivity index (χ2n) is 5.39. The van der Waals surface area contributed by atoms with Crippen LogP contribution in [0, 0.1) is 0 Å². The maximum absolute atomic E-state index is 12.5. The lowest BCUT2D eigenvalue weighted by Gasteiger charge is -2.39. The maximum Gasteiger partial charge on any atom is 0.322 e. The van der Waals surface area contributed by atoms with E-state index >= 15 is 0 Å². The van der Waals surface area contributed by atoms with Crippen LogP contribution < -0.4 is 15.4 Å². The molecule has 0 saturated carbocycles. The van der Waals surface area contributed by atoms with Gasteiger partial charge in [0, 0.05) is 36.9 Å². The number of hydrogen-bond donors (Lipinski definition) is 2. The predicted octanol–water partition coefficient (Wildman–Crippen LogP) is 2.69. The van der Waals surface area contributed by atoms with Crippen LogP contribution in [-0.2, 0) is 0 Å². The lowest BCUT2D eigenvalue weighted by Crippen LogP contribution is -2.58. The molecule has 2 atom stereocenters. The van der Waals surface area contributed by atoms with Gasteiger partial charge >= 0.3 is 6.03 Å². The summed E-state index contributed by atoms with van der Waals surface area (Å²) in [6, 6.07) is 8.04. The number of carbonyl (C=O) groups excluding carboxylic acids is 1. The normalized spacial score (nSPS) is 22.0. The summed E-state index contributed by atoms with van der Waals surface area (Å²) < 4.78 is 5.18. The second-order valence-corrected chi connectivity index (χ2v) is 5.39. The van der Waals surface area contributed by atoms with E-state index < -0.39 is 0 Å². The van der Waals surface area contributed by atoms with E-state index in [9.17, 15) is 4.79 Å². The molecular weight excluding hydrogens is 266 g/mol. The molecule has 21 heavy (non-hydrogen) atoms. The van der Waals surface area contributed by atoms with Crippen molar-refractivity contribution < 1.29 is 9.53 Å². The smallest absolute Gasteiger partial charge is 0.322 e. The zero-order valence-electron chi connectivity index (χ0n) is 13.1. The van der Waals surface area contributed by atoms with Gasteiger partial charge < -0.3 is 20.3 Å². The molecule has 0 aromatic heterocycles. The van der Waals surface area contributed by atoms with Gasteiger partial charge in [-0.05, 0) is 25.0 Å². The highest BCUT2D eigenvalue weighted by molar-refractivity contribution is 5.89. The van der Waals surface area contributed by atoms with Crippen LogP contribution in [0.2, 0.25) is 0 Å². The maximum atomic E-state index is 12.5. The minimum absolute atomic E-state index is 0.0324. The largest absolute Gasteiger partial charge is 0.497 e. The molecule has 1 heterocycles. The number of methoxy groups -OCH3 is 1. The van der Waals surface area contributed by atoms with Gasteiger partial charge in [0.2, 0.25) is 0 Å². The molecule has 2 rings (SSSR count). The molecule has 0 spiro atoms. The van der Waals surface area contributed by atoms with Crippen LogP contribution in [-0.4, -0.2) is 43.2 Å². The fraction of sp³-hybridized carbons (Fsp3) is 0.562. The molecule has 116 valence electrons. The highest BCUT2D eigenvalue weighted by Crippen LogP contribution is 2.19. The third-order valence-corrected chi connectivity index (χ3v) is 4.05. The van der Waals surface area contributed by atoms with E-state index in [0.717, 1.165) is 37.4 Å². The van der Waals surface area contributed by atoms with Gasteiger partial charge in [0.1, 0.15) is 5.75 Å². The SMILES string of the molecule is CCC1CN(C(=O)Nc2cccc(OC)c2)C(CC)CN1. The number of hydrogen-bond acceptors (Lipinski definition) is 3. The van der Waals surface area contributed by atoms with Gasteiger partial charge in [-0.25, -0.2) is 4.79 Å². The van der Waals surface area contributed by atoms with E-state index in [1.165, 1.54) is 0 Å². The number of anilines is 1. The van der Waals surface area contributed by atoms with E-state index in [1.807, 2.05) is 29.2 Å². The molecule has 1 aliphatic rings. The van der Waals surface area contributed by atoms with Crippen molar-refractivity contribution in [3.63, 3.8) is 0 Å². The number of benzene rings is 1. The molecule has 1 aromatic carbocycles. The van der Waals surface area contributed by atoms with Crippen molar-refractivity contribution in [1.82, 2.24) is 10.2 Å². The third kappa shape index (κ3) is 3.88. The Kier molecular flexibility index (Phi) is 5.44. The molecule has 1 aromatic rings. The third-order valence-electron chi connectivity index (χ3n) is 4.05. The van der Waals surface area contributed by atoms with Crippen molar-refractivity contribution in [3.05, 3.63) is 24.3 Å². The van der Waals surface area contributed by atoms with Crippen molar-refractivity contribution in [2.24, 2.45) is 0 Å². The van der Waals surface area contributed by atoms with Gasteiger partial charge in [0.15, 0.2) is 0 Å². The van der Waals surface area contributed by atoms with Crippen molar-refractivity contribution in [1.29, 1.82) is 0 Å². The van der Waals surface area contributed by atoms with Gasteiger partial charge in [0.25, 0.3) is 0 Å². The Hall–Kier alpha value is -1.75. The summed E-state index contributed by atoms with van der Waals surface area (Å²) >= 11 is 0. The first-order valence-corrected chi connectivity index (χ1v) is 7.63. The lowest BCUT2D eigenvalue weighted by molar-refractivity contribution is 0.147. The minimum atomic E-state index is -0.0324. The Balaban J connectivity index is 2.05. The average Bonchev–Trinajstić information content (AvgIpc) is 2.54. The number of nitrogens with zero attached hydrogens (tertiary/aromatic N) is 1. The summed E-state index contributed by atoms with van der Waals surface area (Å²) in [6.45, 7) is 5.87. The van der Waals surface area contributed by atoms with Crippen LogP contribution in [0.15, 0.2) is 24.3 Å². The average molecular weight is 291 g/mol. The monoisotopic (exact) mass is 291 g/mol. The van der Waals surface area contributed by atoms with E-state index in [1.54, 1.807) is 7.11 Å². The number of piperazine rings is 1. The highest BCUT2D eigenvalue weighted by Gasteiger charge is 2.29. The summed E-state index contributed by atoms with van der Waals surface area (Å²) in [5.74, 6) is 0.742. The Morgan fingerprint density at radius 2 is 2.24 bits per heavy atom. The molecule has 0 aliphatic carbocycles. The number of urea groups is 1. The number of nitrogens with one attached hydrogen (secondary N) is 2. The summed E-state index contributed by atoms with van der Waals surface area (Å²) in [7, 11) is 1.62. The van der Waals surface area contributed by atoms with E-state index in [4.69, 9.17) is 4.74 Å². The van der Waals surface area contributed by atoms with Crippen molar-refractivity contribution in [2.75, 3.05) is 25.5 Å². The van der Waals surface area contributed by atoms with Crippen LogP contribution in [0.5, 0.6) is 5.75 Å². The Labute approximate surface area is 126 Å². The van der Waals surface area contributed by atoms with Gasteiger partial charge in [0.05, 0.1) is 7.11 Å².